The second-order valence-corrected chi connectivity index (χ2v) is 3.47. The fourth-order valence-corrected chi connectivity index (χ4v) is 1.60. The van der Waals surface area contributed by atoms with Crippen molar-refractivity contribution in [2.24, 2.45) is 0 Å². The highest BCUT2D eigenvalue weighted by Crippen LogP contribution is 2.30. The van der Waals surface area contributed by atoms with E-state index in [1.165, 1.54) is 0 Å². The summed E-state index contributed by atoms with van der Waals surface area (Å²) in [4.78, 5) is 0. The van der Waals surface area contributed by atoms with Crippen LogP contribution in [0.25, 0.3) is 5.52 Å². The van der Waals surface area contributed by atoms with Gasteiger partial charge >= 0.3 is 0 Å². The predicted molar refractivity (Wildman–Crippen MR) is 51.1 cm³/mol. The van der Waals surface area contributed by atoms with Crippen LogP contribution in [0.1, 0.15) is 0 Å². The Bertz CT molecular complexity index is 453. The summed E-state index contributed by atoms with van der Waals surface area (Å²) in [7, 11) is 1.54. The molecule has 2 rings (SSSR count). The van der Waals surface area contributed by atoms with Crippen LogP contribution in [-0.4, -0.2) is 21.8 Å². The van der Waals surface area contributed by atoms with Gasteiger partial charge in [-0.25, -0.2) is 4.52 Å². The number of hydrogen-bond donors (Lipinski definition) is 1. The van der Waals surface area contributed by atoms with E-state index < -0.39 is 0 Å². The second-order valence-electron chi connectivity index (χ2n) is 2.55. The highest BCUT2D eigenvalue weighted by molar-refractivity contribution is 9.10. The van der Waals surface area contributed by atoms with E-state index in [0.717, 1.165) is 4.47 Å². The van der Waals surface area contributed by atoms with Gasteiger partial charge in [0.25, 0.3) is 0 Å². The van der Waals surface area contributed by atoms with Crippen molar-refractivity contribution in [2.75, 3.05) is 7.11 Å². The summed E-state index contributed by atoms with van der Waals surface area (Å²) in [5, 5.41) is 13.6. The van der Waals surface area contributed by atoms with Crippen molar-refractivity contribution in [1.29, 1.82) is 0 Å². The molecule has 0 aliphatic carbocycles. The van der Waals surface area contributed by atoms with E-state index in [1.54, 1.807) is 30.1 Å². The van der Waals surface area contributed by atoms with Crippen LogP contribution < -0.4 is 4.74 Å². The number of aromatic nitrogens is 2. The molecule has 0 aliphatic rings. The van der Waals surface area contributed by atoms with Crippen LogP contribution in [-0.2, 0) is 0 Å². The number of hydrogen-bond acceptors (Lipinski definition) is 3. The quantitative estimate of drug-likeness (QED) is 0.830. The molecule has 0 saturated heterocycles. The van der Waals surface area contributed by atoms with Gasteiger partial charge < -0.3 is 9.84 Å². The van der Waals surface area contributed by atoms with Crippen molar-refractivity contribution >= 4 is 21.4 Å². The lowest BCUT2D eigenvalue weighted by Crippen LogP contribution is -1.87. The molecular formula is C8H7BrN2O2. The Morgan fingerprint density at radius 1 is 1.62 bits per heavy atom. The third-order valence-electron chi connectivity index (χ3n) is 1.74. The van der Waals surface area contributed by atoms with Crippen LogP contribution in [0.15, 0.2) is 22.9 Å². The molecule has 5 heteroatoms. The molecule has 0 spiro atoms. The van der Waals surface area contributed by atoms with Gasteiger partial charge in [0.15, 0.2) is 5.75 Å². The van der Waals surface area contributed by atoms with E-state index in [0.29, 0.717) is 11.3 Å². The number of methoxy groups -OCH3 is 1. The number of fused-ring (bicyclic) bond motifs is 1. The minimum Gasteiger partial charge on any atom is -0.505 e. The summed E-state index contributed by atoms with van der Waals surface area (Å²) in [6.45, 7) is 0. The number of rotatable bonds is 1. The minimum atomic E-state index is 0.142. The Morgan fingerprint density at radius 3 is 3.08 bits per heavy atom. The first kappa shape index (κ1) is 8.37. The van der Waals surface area contributed by atoms with E-state index in [-0.39, 0.29) is 5.75 Å². The lowest BCUT2D eigenvalue weighted by Gasteiger charge is -2.00. The van der Waals surface area contributed by atoms with E-state index in [1.807, 2.05) is 0 Å². The predicted octanol–water partition coefficient (Wildman–Crippen LogP) is 1.81. The Labute approximate surface area is 82.9 Å². The number of halogens is 1. The number of ether oxygens (including phenoxy) is 1. The Hall–Kier alpha value is -1.23. The van der Waals surface area contributed by atoms with Crippen LogP contribution in [0.3, 0.4) is 0 Å². The molecule has 2 aromatic rings. The molecule has 68 valence electrons. The smallest absolute Gasteiger partial charge is 0.168 e. The molecule has 0 unspecified atom stereocenters. The molecule has 0 amide bonds. The van der Waals surface area contributed by atoms with Crippen LogP contribution in [0.2, 0.25) is 0 Å². The normalized spacial score (nSPS) is 10.6. The monoisotopic (exact) mass is 242 g/mol. The van der Waals surface area contributed by atoms with Crippen LogP contribution in [0, 0.1) is 0 Å². The SMILES string of the molecule is COc1cnn2cc(Br)cc(O)c12. The van der Waals surface area contributed by atoms with E-state index in [2.05, 4.69) is 21.0 Å². The maximum Gasteiger partial charge on any atom is 0.168 e. The number of pyridine rings is 1. The minimum absolute atomic E-state index is 0.142. The molecule has 0 aliphatic heterocycles. The molecule has 0 atom stereocenters. The summed E-state index contributed by atoms with van der Waals surface area (Å²) >= 11 is 3.25. The lowest BCUT2D eigenvalue weighted by molar-refractivity contribution is 0.415. The third-order valence-corrected chi connectivity index (χ3v) is 2.18. The van der Waals surface area contributed by atoms with Crippen molar-refractivity contribution in [3.05, 3.63) is 22.9 Å². The zero-order valence-corrected chi connectivity index (χ0v) is 8.45. The zero-order chi connectivity index (χ0) is 9.42. The second kappa shape index (κ2) is 2.92. The maximum absolute atomic E-state index is 9.58. The highest BCUT2D eigenvalue weighted by Gasteiger charge is 2.09. The van der Waals surface area contributed by atoms with Gasteiger partial charge in [0.2, 0.25) is 0 Å². The van der Waals surface area contributed by atoms with Crippen molar-refractivity contribution in [1.82, 2.24) is 9.61 Å². The molecule has 13 heavy (non-hydrogen) atoms. The van der Waals surface area contributed by atoms with Gasteiger partial charge in [-0.3, -0.25) is 0 Å². The standard InChI is InChI=1S/C8H7BrN2O2/c1-13-7-3-10-11-4-5(9)2-6(12)8(7)11/h2-4,12H,1H3. The van der Waals surface area contributed by atoms with Gasteiger partial charge in [-0.15, -0.1) is 0 Å². The third kappa shape index (κ3) is 1.25. The summed E-state index contributed by atoms with van der Waals surface area (Å²) in [5.74, 6) is 0.703. The van der Waals surface area contributed by atoms with Crippen LogP contribution in [0.4, 0.5) is 0 Å². The average Bonchev–Trinajstić information content (AvgIpc) is 2.47. The van der Waals surface area contributed by atoms with Gasteiger partial charge in [0.05, 0.1) is 13.3 Å². The zero-order valence-electron chi connectivity index (χ0n) is 6.86. The van der Waals surface area contributed by atoms with Gasteiger partial charge in [0.1, 0.15) is 11.3 Å². The summed E-state index contributed by atoms with van der Waals surface area (Å²) in [6.07, 6.45) is 3.30. The summed E-state index contributed by atoms with van der Waals surface area (Å²) in [6, 6.07) is 1.60. The summed E-state index contributed by atoms with van der Waals surface area (Å²) < 4.78 is 7.35. The van der Waals surface area contributed by atoms with Crippen molar-refractivity contribution in [3.63, 3.8) is 0 Å². The van der Waals surface area contributed by atoms with Crippen LogP contribution >= 0.6 is 15.9 Å². The first-order chi connectivity index (χ1) is 6.22. The molecule has 1 N–H and O–H groups in total. The molecule has 0 fully saturated rings. The van der Waals surface area contributed by atoms with E-state index in [9.17, 15) is 5.11 Å². The fourth-order valence-electron chi connectivity index (χ4n) is 1.19. The Balaban J connectivity index is 2.82. The largest absolute Gasteiger partial charge is 0.505 e. The molecule has 4 nitrogen and oxygen atoms in total. The van der Waals surface area contributed by atoms with Gasteiger partial charge in [-0.05, 0) is 22.0 Å². The maximum atomic E-state index is 9.58. The van der Waals surface area contributed by atoms with Crippen LogP contribution in [0.5, 0.6) is 11.5 Å². The first-order valence-electron chi connectivity index (χ1n) is 3.62. The van der Waals surface area contributed by atoms with Gasteiger partial charge in [-0.2, -0.15) is 5.10 Å². The highest BCUT2D eigenvalue weighted by atomic mass is 79.9. The molecule has 0 radical (unpaired) electrons. The number of aromatic hydroxyl groups is 1. The topological polar surface area (TPSA) is 46.8 Å². The Kier molecular flexibility index (Phi) is 1.88. The molecule has 0 saturated carbocycles. The van der Waals surface area contributed by atoms with Crippen molar-refractivity contribution < 1.29 is 9.84 Å². The molecular weight excluding hydrogens is 236 g/mol. The molecule has 2 heterocycles. The van der Waals surface area contributed by atoms with Gasteiger partial charge in [-0.1, -0.05) is 0 Å². The number of nitrogens with zero attached hydrogens (tertiary/aromatic N) is 2. The van der Waals surface area contributed by atoms with Gasteiger partial charge in [0, 0.05) is 10.7 Å². The van der Waals surface area contributed by atoms with E-state index >= 15 is 0 Å². The lowest BCUT2D eigenvalue weighted by atomic mass is 10.3. The molecule has 2 aromatic heterocycles. The van der Waals surface area contributed by atoms with Crippen molar-refractivity contribution in [2.45, 2.75) is 0 Å². The fraction of sp³-hybridized carbons (Fsp3) is 0.125. The molecule has 0 bridgehead atoms. The average molecular weight is 243 g/mol. The first-order valence-corrected chi connectivity index (χ1v) is 4.41. The summed E-state index contributed by atoms with van der Waals surface area (Å²) in [5.41, 5.74) is 0.575. The van der Waals surface area contributed by atoms with E-state index in [4.69, 9.17) is 4.74 Å². The van der Waals surface area contributed by atoms with Crippen molar-refractivity contribution in [3.8, 4) is 11.5 Å². The Morgan fingerprint density at radius 2 is 2.38 bits per heavy atom. The molecule has 0 aromatic carbocycles.